The zero-order chi connectivity index (χ0) is 15.6. The summed E-state index contributed by atoms with van der Waals surface area (Å²) in [5, 5.41) is 3.13. The number of rotatable bonds is 4. The summed E-state index contributed by atoms with van der Waals surface area (Å²) >= 11 is 3.29. The van der Waals surface area contributed by atoms with Crippen LogP contribution >= 0.6 is 15.9 Å². The van der Waals surface area contributed by atoms with Crippen LogP contribution in [0.3, 0.4) is 0 Å². The third-order valence-corrected chi connectivity index (χ3v) is 4.06. The van der Waals surface area contributed by atoms with E-state index < -0.39 is 11.4 Å². The molecule has 0 saturated carbocycles. The highest BCUT2D eigenvalue weighted by molar-refractivity contribution is 9.10. The molecule has 3 nitrogen and oxygen atoms in total. The molecule has 0 aliphatic heterocycles. The van der Waals surface area contributed by atoms with E-state index in [-0.39, 0.29) is 5.82 Å². The van der Waals surface area contributed by atoms with Gasteiger partial charge in [-0.3, -0.25) is 4.79 Å². The van der Waals surface area contributed by atoms with Crippen LogP contribution in [0.2, 0.25) is 0 Å². The van der Waals surface area contributed by atoms with Crippen molar-refractivity contribution in [3.63, 3.8) is 0 Å². The molecule has 3 N–H and O–H groups in total. The number of halogens is 2. The molecule has 5 heteroatoms. The lowest BCUT2D eigenvalue weighted by atomic mass is 9.90. The smallest absolute Gasteiger partial charge is 0.247 e. The molecule has 2 aromatic rings. The minimum Gasteiger partial charge on any atom is -0.368 e. The van der Waals surface area contributed by atoms with Crippen molar-refractivity contribution in [1.29, 1.82) is 0 Å². The Hall–Kier alpha value is -1.88. The number of benzene rings is 2. The van der Waals surface area contributed by atoms with Gasteiger partial charge in [-0.25, -0.2) is 4.39 Å². The Morgan fingerprint density at radius 1 is 1.24 bits per heavy atom. The molecule has 0 radical (unpaired) electrons. The van der Waals surface area contributed by atoms with Crippen molar-refractivity contribution < 1.29 is 9.18 Å². The minimum absolute atomic E-state index is 0.382. The molecule has 21 heavy (non-hydrogen) atoms. The molecule has 0 aliphatic carbocycles. The van der Waals surface area contributed by atoms with E-state index in [9.17, 15) is 9.18 Å². The van der Waals surface area contributed by atoms with Gasteiger partial charge in [0.05, 0.1) is 0 Å². The number of anilines is 1. The average Bonchev–Trinajstić information content (AvgIpc) is 2.41. The average molecular weight is 351 g/mol. The number of amides is 1. The van der Waals surface area contributed by atoms with Crippen molar-refractivity contribution in [2.45, 2.75) is 19.4 Å². The molecule has 1 amide bonds. The lowest BCUT2D eigenvalue weighted by Crippen LogP contribution is -2.45. The highest BCUT2D eigenvalue weighted by Crippen LogP contribution is 2.32. The number of carbonyl (C=O) groups is 1. The first kappa shape index (κ1) is 15.5. The van der Waals surface area contributed by atoms with Gasteiger partial charge in [-0.15, -0.1) is 0 Å². The van der Waals surface area contributed by atoms with Crippen LogP contribution in [0.15, 0.2) is 46.9 Å². The second-order valence-corrected chi connectivity index (χ2v) is 5.96. The minimum atomic E-state index is -1.15. The summed E-state index contributed by atoms with van der Waals surface area (Å²) in [6.45, 7) is 3.65. The van der Waals surface area contributed by atoms with Gasteiger partial charge in [-0.1, -0.05) is 39.7 Å². The van der Waals surface area contributed by atoms with Crippen LogP contribution in [0.1, 0.15) is 18.1 Å². The number of nitrogens with one attached hydrogen (secondary N) is 1. The van der Waals surface area contributed by atoms with Gasteiger partial charge in [0.15, 0.2) is 0 Å². The Morgan fingerprint density at radius 2 is 1.86 bits per heavy atom. The van der Waals surface area contributed by atoms with Crippen molar-refractivity contribution >= 4 is 27.5 Å². The van der Waals surface area contributed by atoms with Crippen LogP contribution in [0.25, 0.3) is 0 Å². The first-order valence-corrected chi connectivity index (χ1v) is 7.22. The second-order valence-electron chi connectivity index (χ2n) is 5.10. The van der Waals surface area contributed by atoms with E-state index in [1.807, 2.05) is 31.2 Å². The molecule has 2 aromatic carbocycles. The number of hydrogen-bond acceptors (Lipinski definition) is 2. The van der Waals surface area contributed by atoms with Crippen molar-refractivity contribution in [3.05, 3.63) is 63.9 Å². The molecule has 0 fully saturated rings. The summed E-state index contributed by atoms with van der Waals surface area (Å²) < 4.78 is 13.7. The van der Waals surface area contributed by atoms with Gasteiger partial charge in [0.25, 0.3) is 0 Å². The molecule has 1 atom stereocenters. The Bertz CT molecular complexity index is 672. The van der Waals surface area contributed by atoms with Crippen molar-refractivity contribution in [1.82, 2.24) is 0 Å². The highest BCUT2D eigenvalue weighted by atomic mass is 79.9. The topological polar surface area (TPSA) is 55.1 Å². The Balaban J connectivity index is 2.45. The molecule has 2 rings (SSSR count). The summed E-state index contributed by atoms with van der Waals surface area (Å²) in [5.41, 5.74) is 6.88. The molecular weight excluding hydrogens is 335 g/mol. The Morgan fingerprint density at radius 3 is 2.38 bits per heavy atom. The van der Waals surface area contributed by atoms with Gasteiger partial charge in [-0.05, 0) is 38.1 Å². The summed E-state index contributed by atoms with van der Waals surface area (Å²) in [5.74, 6) is -0.928. The SMILES string of the molecule is Cc1ccc(NC(C)(C(N)=O)c2ccc(F)cc2Br)cc1. The number of primary amides is 1. The van der Waals surface area contributed by atoms with Crippen LogP contribution in [0, 0.1) is 12.7 Å². The normalized spacial score (nSPS) is 13.5. The number of aryl methyl sites for hydroxylation is 1. The van der Waals surface area contributed by atoms with Gasteiger partial charge in [-0.2, -0.15) is 0 Å². The fourth-order valence-corrected chi connectivity index (χ4v) is 2.83. The van der Waals surface area contributed by atoms with Crippen molar-refractivity contribution in [3.8, 4) is 0 Å². The maximum atomic E-state index is 13.2. The first-order valence-electron chi connectivity index (χ1n) is 6.43. The summed E-state index contributed by atoms with van der Waals surface area (Å²) in [4.78, 5) is 12.0. The first-order chi connectivity index (χ1) is 9.83. The van der Waals surface area contributed by atoms with E-state index in [1.165, 1.54) is 12.1 Å². The monoisotopic (exact) mass is 350 g/mol. The predicted molar refractivity (Wildman–Crippen MR) is 85.4 cm³/mol. The standard InChI is InChI=1S/C16H16BrFN2O/c1-10-3-6-12(7-4-10)20-16(2,15(19)21)13-8-5-11(18)9-14(13)17/h3-9,20H,1-2H3,(H2,19,21). The van der Waals surface area contributed by atoms with Gasteiger partial charge >= 0.3 is 0 Å². The van der Waals surface area contributed by atoms with E-state index in [4.69, 9.17) is 5.73 Å². The zero-order valence-corrected chi connectivity index (χ0v) is 13.4. The quantitative estimate of drug-likeness (QED) is 0.882. The summed E-state index contributed by atoms with van der Waals surface area (Å²) in [6.07, 6.45) is 0. The van der Waals surface area contributed by atoms with E-state index in [2.05, 4.69) is 21.2 Å². The van der Waals surface area contributed by atoms with E-state index in [0.717, 1.165) is 11.3 Å². The summed E-state index contributed by atoms with van der Waals surface area (Å²) in [7, 11) is 0. The fraction of sp³-hybridized carbons (Fsp3) is 0.188. The van der Waals surface area contributed by atoms with Gasteiger partial charge in [0.1, 0.15) is 11.4 Å². The third kappa shape index (κ3) is 3.24. The van der Waals surface area contributed by atoms with Gasteiger partial charge in [0.2, 0.25) is 5.91 Å². The van der Waals surface area contributed by atoms with Crippen LogP contribution in [-0.4, -0.2) is 5.91 Å². The molecule has 1 unspecified atom stereocenters. The molecule has 0 saturated heterocycles. The maximum absolute atomic E-state index is 13.2. The van der Waals surface area contributed by atoms with Crippen LogP contribution in [-0.2, 0) is 10.3 Å². The lowest BCUT2D eigenvalue weighted by molar-refractivity contribution is -0.122. The van der Waals surface area contributed by atoms with Crippen molar-refractivity contribution in [2.75, 3.05) is 5.32 Å². The molecular formula is C16H16BrFN2O. The largest absolute Gasteiger partial charge is 0.368 e. The van der Waals surface area contributed by atoms with E-state index in [1.54, 1.807) is 13.0 Å². The van der Waals surface area contributed by atoms with E-state index in [0.29, 0.717) is 10.0 Å². The van der Waals surface area contributed by atoms with Crippen LogP contribution in [0.4, 0.5) is 10.1 Å². The maximum Gasteiger partial charge on any atom is 0.247 e. The van der Waals surface area contributed by atoms with Crippen molar-refractivity contribution in [2.24, 2.45) is 5.73 Å². The number of nitrogens with two attached hydrogens (primary N) is 1. The zero-order valence-electron chi connectivity index (χ0n) is 11.8. The molecule has 0 bridgehead atoms. The molecule has 0 spiro atoms. The summed E-state index contributed by atoms with van der Waals surface area (Å²) in [6, 6.07) is 11.8. The Kier molecular flexibility index (Phi) is 4.32. The lowest BCUT2D eigenvalue weighted by Gasteiger charge is -2.30. The molecule has 110 valence electrons. The van der Waals surface area contributed by atoms with Gasteiger partial charge < -0.3 is 11.1 Å². The fourth-order valence-electron chi connectivity index (χ4n) is 2.08. The van der Waals surface area contributed by atoms with E-state index >= 15 is 0 Å². The number of hydrogen-bond donors (Lipinski definition) is 2. The highest BCUT2D eigenvalue weighted by Gasteiger charge is 2.35. The van der Waals surface area contributed by atoms with Crippen LogP contribution in [0.5, 0.6) is 0 Å². The Labute approximate surface area is 131 Å². The molecule has 0 aromatic heterocycles. The number of carbonyl (C=O) groups excluding carboxylic acids is 1. The molecule has 0 aliphatic rings. The van der Waals surface area contributed by atoms with Gasteiger partial charge in [0, 0.05) is 15.7 Å². The van der Waals surface area contributed by atoms with Crippen LogP contribution < -0.4 is 11.1 Å². The molecule has 0 heterocycles. The third-order valence-electron chi connectivity index (χ3n) is 3.41. The predicted octanol–water partition coefficient (Wildman–Crippen LogP) is 3.71. The second kappa shape index (κ2) is 5.85.